The maximum Gasteiger partial charge on any atom is 0.324 e. The zero-order valence-electron chi connectivity index (χ0n) is 23.5. The third-order valence-corrected chi connectivity index (χ3v) is 10.5. The fourth-order valence-electron chi connectivity index (χ4n) is 6.43. The molecule has 2 saturated carbocycles. The molecule has 2 aromatic carbocycles. The van der Waals surface area contributed by atoms with Crippen molar-refractivity contribution in [2.45, 2.75) is 45.6 Å². The average molecular weight is 591 g/mol. The molecule has 10 nitrogen and oxygen atoms in total. The van der Waals surface area contributed by atoms with Gasteiger partial charge in [-0.25, -0.2) is 22.9 Å². The molecule has 0 saturated heterocycles. The van der Waals surface area contributed by atoms with Crippen LogP contribution in [-0.4, -0.2) is 48.1 Å². The van der Waals surface area contributed by atoms with Crippen molar-refractivity contribution in [3.05, 3.63) is 78.5 Å². The summed E-state index contributed by atoms with van der Waals surface area (Å²) >= 11 is 0. The van der Waals surface area contributed by atoms with E-state index in [4.69, 9.17) is 0 Å². The molecule has 1 aromatic heterocycles. The van der Waals surface area contributed by atoms with Gasteiger partial charge in [0.15, 0.2) is 0 Å². The molecule has 0 radical (unpaired) electrons. The highest BCUT2D eigenvalue weighted by Crippen LogP contribution is 2.64. The van der Waals surface area contributed by atoms with Crippen LogP contribution in [0.3, 0.4) is 0 Å². The number of aliphatic carboxylic acids is 1. The lowest BCUT2D eigenvalue weighted by Crippen LogP contribution is -2.49. The molecule has 2 aliphatic rings. The molecule has 5 rings (SSSR count). The van der Waals surface area contributed by atoms with E-state index in [9.17, 15) is 27.9 Å². The van der Waals surface area contributed by atoms with Gasteiger partial charge in [0, 0.05) is 23.7 Å². The third-order valence-electron chi connectivity index (χ3n) is 8.95. The lowest BCUT2D eigenvalue weighted by atomic mass is 9.70. The molecule has 3 aromatic rings. The number of nitrogens with zero attached hydrogens (tertiary/aromatic N) is 1. The fourth-order valence-corrected chi connectivity index (χ4v) is 8.46. The Morgan fingerprint density at radius 1 is 1.02 bits per heavy atom. The van der Waals surface area contributed by atoms with Crippen molar-refractivity contribution in [2.24, 2.45) is 16.7 Å². The standard InChI is InChI=1S/C31H34N4O6S/c1-30(2)23-13-14-31(30,26(36)18-23)19-42(40,41)35-25(28(37)38)16-20-9-11-21(12-10-20)22-6-5-7-24(17-22)33-29(39)34-27-8-3-4-15-32-27/h3-12,15,17,23,25,35H,13-14,16,18-19H2,1-2H3,(H,37,38)(H2,32,33,34,39)/t23?,25-,31?/m0/s1. The topological polar surface area (TPSA) is 155 Å². The molecular formula is C31H34N4O6S. The number of carboxylic acids is 1. The number of nitrogens with one attached hydrogen (secondary N) is 3. The van der Waals surface area contributed by atoms with Crippen molar-refractivity contribution >= 4 is 39.3 Å². The maximum atomic E-state index is 13.2. The van der Waals surface area contributed by atoms with E-state index < -0.39 is 44.6 Å². The molecule has 0 aliphatic heterocycles. The van der Waals surface area contributed by atoms with Gasteiger partial charge in [0.25, 0.3) is 0 Å². The van der Waals surface area contributed by atoms with E-state index in [1.54, 1.807) is 54.7 Å². The monoisotopic (exact) mass is 590 g/mol. The number of carboxylic acid groups (broad SMARTS) is 1. The van der Waals surface area contributed by atoms with Gasteiger partial charge in [0.05, 0.1) is 5.75 Å². The van der Waals surface area contributed by atoms with Crippen LogP contribution < -0.4 is 15.4 Å². The summed E-state index contributed by atoms with van der Waals surface area (Å²) in [5.41, 5.74) is 1.44. The number of Topliss-reactive ketones (excluding diaryl/α,β-unsaturated/α-hetero) is 1. The molecule has 4 N–H and O–H groups in total. The van der Waals surface area contributed by atoms with Crippen molar-refractivity contribution in [3.8, 4) is 11.1 Å². The Kier molecular flexibility index (Phi) is 7.91. The minimum absolute atomic E-state index is 0.0373. The Bertz CT molecular complexity index is 1610. The van der Waals surface area contributed by atoms with Gasteiger partial charge in [-0.1, -0.05) is 56.3 Å². The summed E-state index contributed by atoms with van der Waals surface area (Å²) in [5.74, 6) is -1.13. The zero-order valence-corrected chi connectivity index (χ0v) is 24.3. The molecule has 2 aliphatic carbocycles. The second-order valence-electron chi connectivity index (χ2n) is 11.7. The van der Waals surface area contributed by atoms with E-state index in [-0.39, 0.29) is 18.1 Å². The second-order valence-corrected chi connectivity index (χ2v) is 13.5. The van der Waals surface area contributed by atoms with E-state index in [0.29, 0.717) is 29.9 Å². The molecule has 2 unspecified atom stereocenters. The number of carbonyl (C=O) groups excluding carboxylic acids is 2. The molecule has 220 valence electrons. The van der Waals surface area contributed by atoms with E-state index >= 15 is 0 Å². The van der Waals surface area contributed by atoms with Gasteiger partial charge in [0.1, 0.15) is 17.6 Å². The summed E-state index contributed by atoms with van der Waals surface area (Å²) in [6.45, 7) is 3.90. The maximum absolute atomic E-state index is 13.2. The number of fused-ring (bicyclic) bond motifs is 2. The number of urea groups is 1. The molecule has 2 amide bonds. The summed E-state index contributed by atoms with van der Waals surface area (Å²) < 4.78 is 28.7. The van der Waals surface area contributed by atoms with Gasteiger partial charge >= 0.3 is 12.0 Å². The Labute approximate surface area is 245 Å². The minimum Gasteiger partial charge on any atom is -0.480 e. The first kappa shape index (κ1) is 29.4. The average Bonchev–Trinajstić information content (AvgIpc) is 3.28. The van der Waals surface area contributed by atoms with Crippen LogP contribution in [0.1, 0.15) is 38.7 Å². The number of amides is 2. The van der Waals surface area contributed by atoms with E-state index in [2.05, 4.69) is 20.3 Å². The van der Waals surface area contributed by atoms with Gasteiger partial charge in [-0.3, -0.25) is 14.9 Å². The van der Waals surface area contributed by atoms with Gasteiger partial charge in [-0.2, -0.15) is 0 Å². The smallest absolute Gasteiger partial charge is 0.324 e. The SMILES string of the molecule is CC1(C)C2CCC1(CS(=O)(=O)N[C@@H](Cc1ccc(-c3cccc(NC(=O)Nc4ccccn4)c3)cc1)C(=O)O)C(=O)C2. The molecule has 1 heterocycles. The third kappa shape index (κ3) is 5.93. The van der Waals surface area contributed by atoms with E-state index in [0.717, 1.165) is 17.5 Å². The van der Waals surface area contributed by atoms with Crippen LogP contribution in [0.5, 0.6) is 0 Å². The molecular weight excluding hydrogens is 556 g/mol. The van der Waals surface area contributed by atoms with Crippen molar-refractivity contribution in [2.75, 3.05) is 16.4 Å². The predicted molar refractivity (Wildman–Crippen MR) is 159 cm³/mol. The van der Waals surface area contributed by atoms with Crippen LogP contribution >= 0.6 is 0 Å². The fraction of sp³-hybridized carbons (Fsp3) is 0.355. The first-order valence-electron chi connectivity index (χ1n) is 13.8. The van der Waals surface area contributed by atoms with Gasteiger partial charge in [-0.15, -0.1) is 0 Å². The highest BCUT2D eigenvalue weighted by atomic mass is 32.2. The number of sulfonamides is 1. The van der Waals surface area contributed by atoms with Crippen molar-refractivity contribution < 1.29 is 27.9 Å². The quantitative estimate of drug-likeness (QED) is 0.267. The van der Waals surface area contributed by atoms with E-state index in [1.165, 1.54) is 0 Å². The number of benzene rings is 2. The lowest BCUT2D eigenvalue weighted by Gasteiger charge is -2.36. The summed E-state index contributed by atoms with van der Waals surface area (Å²) in [6.07, 6.45) is 3.22. The molecule has 42 heavy (non-hydrogen) atoms. The van der Waals surface area contributed by atoms with Crippen LogP contribution in [0.25, 0.3) is 11.1 Å². The van der Waals surface area contributed by atoms with Gasteiger partial charge in [0.2, 0.25) is 10.0 Å². The first-order chi connectivity index (χ1) is 19.9. The molecule has 2 bridgehead atoms. The summed E-state index contributed by atoms with van der Waals surface area (Å²) in [4.78, 5) is 41.3. The number of anilines is 2. The second kappa shape index (κ2) is 11.3. The number of carbonyl (C=O) groups is 3. The largest absolute Gasteiger partial charge is 0.480 e. The predicted octanol–water partition coefficient (Wildman–Crippen LogP) is 4.70. The Morgan fingerprint density at radius 3 is 2.40 bits per heavy atom. The van der Waals surface area contributed by atoms with E-state index in [1.807, 2.05) is 32.0 Å². The first-order valence-corrected chi connectivity index (χ1v) is 15.5. The van der Waals surface area contributed by atoms with Crippen LogP contribution in [0.4, 0.5) is 16.3 Å². The number of ketones is 1. The van der Waals surface area contributed by atoms with Crippen LogP contribution in [0, 0.1) is 16.7 Å². The molecule has 0 spiro atoms. The van der Waals surface area contributed by atoms with Crippen LogP contribution in [-0.2, 0) is 26.0 Å². The normalized spacial score (nSPS) is 21.6. The summed E-state index contributed by atoms with van der Waals surface area (Å²) in [7, 11) is -4.06. The van der Waals surface area contributed by atoms with Crippen LogP contribution in [0.2, 0.25) is 0 Å². The zero-order chi connectivity index (χ0) is 30.1. The van der Waals surface area contributed by atoms with Gasteiger partial charge in [-0.05, 0) is 71.6 Å². The summed E-state index contributed by atoms with van der Waals surface area (Å²) in [6, 6.07) is 17.7. The lowest BCUT2D eigenvalue weighted by molar-refractivity contribution is -0.138. The molecule has 3 atom stereocenters. The summed E-state index contributed by atoms with van der Waals surface area (Å²) in [5, 5.41) is 15.3. The Balaban J connectivity index is 1.24. The van der Waals surface area contributed by atoms with Crippen LogP contribution in [0.15, 0.2) is 72.9 Å². The van der Waals surface area contributed by atoms with Crippen molar-refractivity contribution in [3.63, 3.8) is 0 Å². The number of rotatable bonds is 10. The Hall–Kier alpha value is -4.09. The van der Waals surface area contributed by atoms with Crippen molar-refractivity contribution in [1.29, 1.82) is 0 Å². The number of hydrogen-bond donors (Lipinski definition) is 4. The molecule has 2 fully saturated rings. The number of aromatic nitrogens is 1. The number of hydrogen-bond acceptors (Lipinski definition) is 6. The minimum atomic E-state index is -4.06. The highest BCUT2D eigenvalue weighted by Gasteiger charge is 2.65. The highest BCUT2D eigenvalue weighted by molar-refractivity contribution is 7.89. The van der Waals surface area contributed by atoms with Crippen molar-refractivity contribution in [1.82, 2.24) is 9.71 Å². The molecule has 11 heteroatoms. The number of pyridine rings is 1. The van der Waals surface area contributed by atoms with Gasteiger partial charge < -0.3 is 10.4 Å². The Morgan fingerprint density at radius 2 is 1.79 bits per heavy atom.